The predicted molar refractivity (Wildman–Crippen MR) is 119 cm³/mol. The summed E-state index contributed by atoms with van der Waals surface area (Å²) in [5.74, 6) is 0.806. The zero-order valence-corrected chi connectivity index (χ0v) is 17.5. The summed E-state index contributed by atoms with van der Waals surface area (Å²) in [4.78, 5) is 15.3. The lowest BCUT2D eigenvalue weighted by molar-refractivity contribution is -0.137. The average molecular weight is 403 g/mol. The van der Waals surface area contributed by atoms with E-state index in [4.69, 9.17) is 4.74 Å². The fourth-order valence-electron chi connectivity index (χ4n) is 4.26. The largest absolute Gasteiger partial charge is 0.484 e. The SMILES string of the molecule is O=C(COc1ccccc1)N(Cc1cccn1Cc1ccccc1)C1CCCCC1. The molecule has 4 heteroatoms. The van der Waals surface area contributed by atoms with Crippen molar-refractivity contribution >= 4 is 5.91 Å². The van der Waals surface area contributed by atoms with E-state index in [0.717, 1.165) is 30.8 Å². The van der Waals surface area contributed by atoms with Gasteiger partial charge in [0.05, 0.1) is 6.54 Å². The Morgan fingerprint density at radius 1 is 0.900 bits per heavy atom. The molecule has 4 rings (SSSR count). The number of hydrogen-bond acceptors (Lipinski definition) is 2. The molecule has 30 heavy (non-hydrogen) atoms. The maximum absolute atomic E-state index is 13.2. The molecule has 0 saturated heterocycles. The average Bonchev–Trinajstić information content (AvgIpc) is 3.24. The zero-order chi connectivity index (χ0) is 20.6. The summed E-state index contributed by atoms with van der Waals surface area (Å²) in [6, 6.07) is 24.5. The number of ether oxygens (including phenoxy) is 1. The standard InChI is InChI=1S/C26H30N2O2/c29-26(21-30-25-16-8-3-9-17-25)28(23-13-6-2-7-14-23)20-24-15-10-18-27(24)19-22-11-4-1-5-12-22/h1,3-5,8-12,15-18,23H,2,6-7,13-14,19-21H2. The third-order valence-corrected chi connectivity index (χ3v) is 5.89. The van der Waals surface area contributed by atoms with E-state index >= 15 is 0 Å². The molecule has 2 aromatic carbocycles. The smallest absolute Gasteiger partial charge is 0.261 e. The van der Waals surface area contributed by atoms with Crippen LogP contribution in [-0.2, 0) is 17.9 Å². The Bertz CT molecular complexity index is 914. The molecule has 1 amide bonds. The van der Waals surface area contributed by atoms with Gasteiger partial charge in [0.2, 0.25) is 0 Å². The first-order chi connectivity index (χ1) is 14.8. The van der Waals surface area contributed by atoms with E-state index < -0.39 is 0 Å². The van der Waals surface area contributed by atoms with Gasteiger partial charge in [-0.15, -0.1) is 0 Å². The van der Waals surface area contributed by atoms with Crippen molar-refractivity contribution in [2.24, 2.45) is 0 Å². The number of hydrogen-bond donors (Lipinski definition) is 0. The van der Waals surface area contributed by atoms with Gasteiger partial charge in [-0.05, 0) is 42.7 Å². The van der Waals surface area contributed by atoms with Crippen molar-refractivity contribution in [3.8, 4) is 5.75 Å². The molecule has 0 spiro atoms. The monoisotopic (exact) mass is 402 g/mol. The van der Waals surface area contributed by atoms with Gasteiger partial charge in [-0.1, -0.05) is 67.8 Å². The minimum absolute atomic E-state index is 0.0678. The van der Waals surface area contributed by atoms with Crippen LogP contribution < -0.4 is 4.74 Å². The van der Waals surface area contributed by atoms with Crippen LogP contribution in [0.15, 0.2) is 79.0 Å². The van der Waals surface area contributed by atoms with E-state index in [1.165, 1.54) is 24.8 Å². The minimum Gasteiger partial charge on any atom is -0.484 e. The summed E-state index contributed by atoms with van der Waals surface area (Å²) in [5, 5.41) is 0. The molecule has 1 aliphatic rings. The topological polar surface area (TPSA) is 34.5 Å². The first-order valence-electron chi connectivity index (χ1n) is 10.9. The Morgan fingerprint density at radius 3 is 2.33 bits per heavy atom. The summed E-state index contributed by atoms with van der Waals surface area (Å²) in [6.45, 7) is 1.53. The summed E-state index contributed by atoms with van der Waals surface area (Å²) in [7, 11) is 0. The number of aromatic nitrogens is 1. The van der Waals surface area contributed by atoms with E-state index in [-0.39, 0.29) is 12.5 Å². The van der Waals surface area contributed by atoms with Crippen LogP contribution in [0, 0.1) is 0 Å². The highest BCUT2D eigenvalue weighted by Gasteiger charge is 2.26. The molecule has 0 radical (unpaired) electrons. The Morgan fingerprint density at radius 2 is 1.60 bits per heavy atom. The van der Waals surface area contributed by atoms with E-state index in [1.54, 1.807) is 0 Å². The van der Waals surface area contributed by atoms with Gasteiger partial charge in [0.15, 0.2) is 6.61 Å². The molecule has 4 nitrogen and oxygen atoms in total. The van der Waals surface area contributed by atoms with Crippen LogP contribution in [0.2, 0.25) is 0 Å². The molecule has 1 aliphatic carbocycles. The highest BCUT2D eigenvalue weighted by molar-refractivity contribution is 5.78. The second-order valence-corrected chi connectivity index (χ2v) is 8.03. The molecule has 3 aromatic rings. The van der Waals surface area contributed by atoms with Gasteiger partial charge in [0.1, 0.15) is 5.75 Å². The number of carbonyl (C=O) groups is 1. The third-order valence-electron chi connectivity index (χ3n) is 5.89. The summed E-state index contributed by atoms with van der Waals surface area (Å²) < 4.78 is 8.03. The summed E-state index contributed by atoms with van der Waals surface area (Å²) >= 11 is 0. The van der Waals surface area contributed by atoms with Gasteiger partial charge >= 0.3 is 0 Å². The second kappa shape index (κ2) is 10.1. The minimum atomic E-state index is 0.0678. The molecule has 0 atom stereocenters. The van der Waals surface area contributed by atoms with Crippen molar-refractivity contribution in [2.75, 3.05) is 6.61 Å². The fourth-order valence-corrected chi connectivity index (χ4v) is 4.26. The van der Waals surface area contributed by atoms with Crippen LogP contribution in [0.25, 0.3) is 0 Å². The third kappa shape index (κ3) is 5.32. The Hall–Kier alpha value is -3.01. The van der Waals surface area contributed by atoms with Gasteiger partial charge in [-0.2, -0.15) is 0 Å². The van der Waals surface area contributed by atoms with Crippen molar-refractivity contribution in [1.29, 1.82) is 0 Å². The Balaban J connectivity index is 1.47. The van der Waals surface area contributed by atoms with Crippen LogP contribution in [0.3, 0.4) is 0 Å². The fraction of sp³-hybridized carbons (Fsp3) is 0.346. The normalized spacial score (nSPS) is 14.4. The first-order valence-corrected chi connectivity index (χ1v) is 10.9. The van der Waals surface area contributed by atoms with Crippen LogP contribution in [-0.4, -0.2) is 28.0 Å². The van der Waals surface area contributed by atoms with Crippen molar-refractivity contribution in [1.82, 2.24) is 9.47 Å². The number of amides is 1. The van der Waals surface area contributed by atoms with Gasteiger partial charge in [-0.3, -0.25) is 4.79 Å². The van der Waals surface area contributed by atoms with E-state index in [0.29, 0.717) is 12.6 Å². The van der Waals surface area contributed by atoms with Crippen molar-refractivity contribution < 1.29 is 9.53 Å². The predicted octanol–water partition coefficient (Wildman–Crippen LogP) is 5.28. The zero-order valence-electron chi connectivity index (χ0n) is 17.5. The number of nitrogens with zero attached hydrogens (tertiary/aromatic N) is 2. The summed E-state index contributed by atoms with van der Waals surface area (Å²) in [5.41, 5.74) is 2.43. The van der Waals surface area contributed by atoms with Gasteiger partial charge in [0, 0.05) is 24.5 Å². The van der Waals surface area contributed by atoms with Crippen molar-refractivity contribution in [3.05, 3.63) is 90.3 Å². The molecular formula is C26H30N2O2. The maximum atomic E-state index is 13.2. The lowest BCUT2D eigenvalue weighted by Gasteiger charge is -2.34. The number of benzene rings is 2. The van der Waals surface area contributed by atoms with Crippen LogP contribution in [0.5, 0.6) is 5.75 Å². The Kier molecular flexibility index (Phi) is 6.86. The van der Waals surface area contributed by atoms with E-state index in [1.807, 2.05) is 36.4 Å². The molecule has 1 aromatic heterocycles. The Labute approximate surface area is 179 Å². The first kappa shape index (κ1) is 20.3. The van der Waals surface area contributed by atoms with Gasteiger partial charge < -0.3 is 14.2 Å². The van der Waals surface area contributed by atoms with E-state index in [9.17, 15) is 4.79 Å². The molecular weight excluding hydrogens is 372 g/mol. The quantitative estimate of drug-likeness (QED) is 0.514. The van der Waals surface area contributed by atoms with Gasteiger partial charge in [0.25, 0.3) is 5.91 Å². The highest BCUT2D eigenvalue weighted by Crippen LogP contribution is 2.25. The molecule has 1 fully saturated rings. The van der Waals surface area contributed by atoms with Crippen molar-refractivity contribution in [2.45, 2.75) is 51.2 Å². The van der Waals surface area contributed by atoms with Gasteiger partial charge in [-0.25, -0.2) is 0 Å². The van der Waals surface area contributed by atoms with Crippen LogP contribution in [0.4, 0.5) is 0 Å². The molecule has 156 valence electrons. The van der Waals surface area contributed by atoms with Crippen molar-refractivity contribution in [3.63, 3.8) is 0 Å². The van der Waals surface area contributed by atoms with Crippen LogP contribution in [0.1, 0.15) is 43.4 Å². The van der Waals surface area contributed by atoms with E-state index in [2.05, 4.69) is 52.1 Å². The molecule has 0 N–H and O–H groups in total. The summed E-state index contributed by atoms with van der Waals surface area (Å²) in [6.07, 6.45) is 7.92. The number of carbonyl (C=O) groups excluding carboxylic acids is 1. The highest BCUT2D eigenvalue weighted by atomic mass is 16.5. The number of rotatable bonds is 8. The molecule has 0 bridgehead atoms. The molecule has 1 saturated carbocycles. The van der Waals surface area contributed by atoms with Crippen LogP contribution >= 0.6 is 0 Å². The molecule has 1 heterocycles. The lowest BCUT2D eigenvalue weighted by atomic mass is 9.94. The maximum Gasteiger partial charge on any atom is 0.261 e. The number of para-hydroxylation sites is 1. The second-order valence-electron chi connectivity index (χ2n) is 8.03. The molecule has 0 aliphatic heterocycles. The molecule has 0 unspecified atom stereocenters. The lowest BCUT2D eigenvalue weighted by Crippen LogP contribution is -2.43.